The summed E-state index contributed by atoms with van der Waals surface area (Å²) in [6.45, 7) is -0.0235. The second-order valence-corrected chi connectivity index (χ2v) is 7.16. The third-order valence-electron chi connectivity index (χ3n) is 5.19. The van der Waals surface area contributed by atoms with Crippen LogP contribution >= 0.6 is 0 Å². The molecule has 1 N–H and O–H groups in total. The molecule has 0 saturated heterocycles. The van der Waals surface area contributed by atoms with E-state index >= 15 is 0 Å². The average Bonchev–Trinajstić information content (AvgIpc) is 3.41. The van der Waals surface area contributed by atoms with Crippen molar-refractivity contribution in [2.75, 3.05) is 11.9 Å². The third-order valence-corrected chi connectivity index (χ3v) is 5.19. The highest BCUT2D eigenvalue weighted by Crippen LogP contribution is 2.31. The summed E-state index contributed by atoms with van der Waals surface area (Å²) in [5.41, 5.74) is 2.05. The summed E-state index contributed by atoms with van der Waals surface area (Å²) in [5, 5.41) is 7.37. The van der Waals surface area contributed by atoms with E-state index in [1.807, 2.05) is 71.4 Å². The maximum Gasteiger partial charge on any atom is 0.251 e. The van der Waals surface area contributed by atoms with Crippen LogP contribution in [0.3, 0.4) is 0 Å². The number of hydrogen-bond donors (Lipinski definition) is 1. The zero-order valence-corrected chi connectivity index (χ0v) is 15.8. The molecule has 1 heterocycles. The van der Waals surface area contributed by atoms with Gasteiger partial charge < -0.3 is 10.1 Å². The first kappa shape index (κ1) is 18.4. The van der Waals surface area contributed by atoms with E-state index in [0.29, 0.717) is 6.04 Å². The Kier molecular flexibility index (Phi) is 5.83. The highest BCUT2D eigenvalue weighted by Gasteiger charge is 2.21. The summed E-state index contributed by atoms with van der Waals surface area (Å²) in [6, 6.07) is 22.2. The Morgan fingerprint density at radius 1 is 1.00 bits per heavy atom. The number of nitrogens with zero attached hydrogens (tertiary/aromatic N) is 2. The van der Waals surface area contributed by atoms with Gasteiger partial charge in [0.2, 0.25) is 0 Å². The molecule has 1 aliphatic rings. The first-order valence-corrected chi connectivity index (χ1v) is 9.86. The van der Waals surface area contributed by atoms with Gasteiger partial charge in [0.25, 0.3) is 5.91 Å². The molecule has 2 aromatic carbocycles. The van der Waals surface area contributed by atoms with E-state index in [0.717, 1.165) is 29.8 Å². The average molecular weight is 375 g/mol. The Bertz CT molecular complexity index is 847. The number of carbonyl (C=O) groups excluding carboxylic acids is 1. The molecule has 0 radical (unpaired) electrons. The smallest absolute Gasteiger partial charge is 0.251 e. The maximum atomic E-state index is 12.6. The molecule has 0 unspecified atom stereocenters. The normalized spacial score (nSPS) is 14.5. The van der Waals surface area contributed by atoms with E-state index in [9.17, 15) is 4.79 Å². The standard InChI is InChI=1S/C23H25N3O2/c27-22(25-21-15-16-24-26(21)20-13-7-8-14-20)17-28-23(18-9-3-1-4-10-18)19-11-5-2-6-12-19/h1-6,9-12,15-16,20,23H,7-8,13-14,17H2,(H,25,27). The largest absolute Gasteiger partial charge is 0.359 e. The van der Waals surface area contributed by atoms with Crippen molar-refractivity contribution in [2.24, 2.45) is 0 Å². The van der Waals surface area contributed by atoms with Crippen molar-refractivity contribution in [1.29, 1.82) is 0 Å². The number of hydrogen-bond acceptors (Lipinski definition) is 3. The van der Waals surface area contributed by atoms with Crippen LogP contribution in [0.2, 0.25) is 0 Å². The van der Waals surface area contributed by atoms with Crippen LogP contribution in [0.1, 0.15) is 49.0 Å². The molecule has 0 aliphatic heterocycles. The lowest BCUT2D eigenvalue weighted by molar-refractivity contribution is -0.122. The fraction of sp³-hybridized carbons (Fsp3) is 0.304. The Morgan fingerprint density at radius 3 is 2.21 bits per heavy atom. The van der Waals surface area contributed by atoms with E-state index in [4.69, 9.17) is 4.74 Å². The molecule has 1 saturated carbocycles. The topological polar surface area (TPSA) is 56.1 Å². The van der Waals surface area contributed by atoms with Gasteiger partial charge in [-0.25, -0.2) is 4.68 Å². The number of aromatic nitrogens is 2. The zero-order chi connectivity index (χ0) is 19.2. The highest BCUT2D eigenvalue weighted by atomic mass is 16.5. The molecule has 0 atom stereocenters. The van der Waals surface area contributed by atoms with Crippen molar-refractivity contribution in [3.05, 3.63) is 84.1 Å². The van der Waals surface area contributed by atoms with Crippen LogP contribution in [-0.4, -0.2) is 22.3 Å². The molecule has 3 aromatic rings. The Morgan fingerprint density at radius 2 is 1.61 bits per heavy atom. The van der Waals surface area contributed by atoms with Crippen LogP contribution in [0.4, 0.5) is 5.82 Å². The lowest BCUT2D eigenvalue weighted by atomic mass is 10.0. The first-order chi connectivity index (χ1) is 13.8. The van der Waals surface area contributed by atoms with E-state index in [1.165, 1.54) is 12.8 Å². The van der Waals surface area contributed by atoms with Gasteiger partial charge >= 0.3 is 0 Å². The molecule has 0 bridgehead atoms. The van der Waals surface area contributed by atoms with Gasteiger partial charge in [0.05, 0.1) is 12.2 Å². The van der Waals surface area contributed by atoms with Gasteiger partial charge in [-0.2, -0.15) is 5.10 Å². The monoisotopic (exact) mass is 375 g/mol. The van der Waals surface area contributed by atoms with Crippen LogP contribution in [0.15, 0.2) is 72.9 Å². The molecule has 1 amide bonds. The van der Waals surface area contributed by atoms with Crippen LogP contribution in [-0.2, 0) is 9.53 Å². The maximum absolute atomic E-state index is 12.6. The predicted molar refractivity (Wildman–Crippen MR) is 109 cm³/mol. The number of nitrogens with one attached hydrogen (secondary N) is 1. The van der Waals surface area contributed by atoms with E-state index in [-0.39, 0.29) is 18.6 Å². The van der Waals surface area contributed by atoms with Crippen molar-refractivity contribution < 1.29 is 9.53 Å². The summed E-state index contributed by atoms with van der Waals surface area (Å²) in [4.78, 5) is 12.6. The number of rotatable bonds is 7. The predicted octanol–water partition coefficient (Wildman–Crippen LogP) is 4.74. The van der Waals surface area contributed by atoms with E-state index in [1.54, 1.807) is 6.20 Å². The van der Waals surface area contributed by atoms with Crippen molar-refractivity contribution in [2.45, 2.75) is 37.8 Å². The van der Waals surface area contributed by atoms with Gasteiger partial charge in [0, 0.05) is 6.07 Å². The lowest BCUT2D eigenvalue weighted by Crippen LogP contribution is -2.23. The van der Waals surface area contributed by atoms with Gasteiger partial charge in [0.15, 0.2) is 0 Å². The quantitative estimate of drug-likeness (QED) is 0.649. The fourth-order valence-electron chi connectivity index (χ4n) is 3.83. The fourth-order valence-corrected chi connectivity index (χ4v) is 3.83. The molecule has 28 heavy (non-hydrogen) atoms. The minimum absolute atomic E-state index is 0.0235. The van der Waals surface area contributed by atoms with E-state index < -0.39 is 0 Å². The van der Waals surface area contributed by atoms with Gasteiger partial charge in [0.1, 0.15) is 18.5 Å². The second kappa shape index (κ2) is 8.85. The number of ether oxygens (including phenoxy) is 1. The van der Waals surface area contributed by atoms with Crippen molar-refractivity contribution in [3.63, 3.8) is 0 Å². The lowest BCUT2D eigenvalue weighted by Gasteiger charge is -2.19. The molecular formula is C23H25N3O2. The Balaban J connectivity index is 1.43. The number of benzene rings is 2. The summed E-state index contributed by atoms with van der Waals surface area (Å²) >= 11 is 0. The van der Waals surface area contributed by atoms with Crippen LogP contribution in [0.5, 0.6) is 0 Å². The second-order valence-electron chi connectivity index (χ2n) is 7.16. The van der Waals surface area contributed by atoms with Crippen LogP contribution in [0.25, 0.3) is 0 Å². The number of anilines is 1. The SMILES string of the molecule is O=C(COC(c1ccccc1)c1ccccc1)Nc1ccnn1C1CCCC1. The zero-order valence-electron chi connectivity index (χ0n) is 15.8. The Labute approximate surface area is 165 Å². The van der Waals surface area contributed by atoms with Gasteiger partial charge in [-0.15, -0.1) is 0 Å². The van der Waals surface area contributed by atoms with Gasteiger partial charge in [-0.3, -0.25) is 4.79 Å². The van der Waals surface area contributed by atoms with Crippen molar-refractivity contribution in [3.8, 4) is 0 Å². The molecular weight excluding hydrogens is 350 g/mol. The summed E-state index contributed by atoms with van der Waals surface area (Å²) in [5.74, 6) is 0.577. The molecule has 5 nitrogen and oxygen atoms in total. The number of amides is 1. The minimum Gasteiger partial charge on any atom is -0.359 e. The molecule has 1 aromatic heterocycles. The Hall–Kier alpha value is -2.92. The minimum atomic E-state index is -0.284. The summed E-state index contributed by atoms with van der Waals surface area (Å²) in [7, 11) is 0. The van der Waals surface area contributed by atoms with Crippen molar-refractivity contribution in [1.82, 2.24) is 9.78 Å². The summed E-state index contributed by atoms with van der Waals surface area (Å²) in [6.07, 6.45) is 6.13. The van der Waals surface area contributed by atoms with Crippen LogP contribution in [0, 0.1) is 0 Å². The summed E-state index contributed by atoms with van der Waals surface area (Å²) < 4.78 is 7.99. The third kappa shape index (κ3) is 4.31. The highest BCUT2D eigenvalue weighted by molar-refractivity contribution is 5.90. The molecule has 1 aliphatic carbocycles. The van der Waals surface area contributed by atoms with Gasteiger partial charge in [-0.05, 0) is 24.0 Å². The molecule has 1 fully saturated rings. The van der Waals surface area contributed by atoms with Crippen molar-refractivity contribution >= 4 is 11.7 Å². The first-order valence-electron chi connectivity index (χ1n) is 9.86. The molecule has 5 heteroatoms. The molecule has 144 valence electrons. The van der Waals surface area contributed by atoms with E-state index in [2.05, 4.69) is 10.4 Å². The van der Waals surface area contributed by atoms with Crippen LogP contribution < -0.4 is 5.32 Å². The molecule has 0 spiro atoms. The number of carbonyl (C=O) groups is 1. The van der Waals surface area contributed by atoms with Gasteiger partial charge in [-0.1, -0.05) is 73.5 Å². The molecule has 4 rings (SSSR count).